The second kappa shape index (κ2) is 2.21. The van der Waals surface area contributed by atoms with Gasteiger partial charge in [0.15, 0.2) is 5.89 Å². The summed E-state index contributed by atoms with van der Waals surface area (Å²) >= 11 is 0. The van der Waals surface area contributed by atoms with E-state index in [2.05, 4.69) is 4.98 Å². The molecule has 0 amide bonds. The average molecular weight is 125 g/mol. The lowest BCUT2D eigenvalue weighted by molar-refractivity contribution is 0.476. The maximum atomic E-state index is 5.25. The monoisotopic (exact) mass is 125 g/mol. The Labute approximate surface area is 54.9 Å². The van der Waals surface area contributed by atoms with E-state index in [1.807, 2.05) is 20.8 Å². The van der Waals surface area contributed by atoms with Crippen LogP contribution < -0.4 is 0 Å². The summed E-state index contributed by atoms with van der Waals surface area (Å²) in [5.41, 5.74) is 1.01. The van der Waals surface area contributed by atoms with Crippen molar-refractivity contribution < 1.29 is 4.42 Å². The fraction of sp³-hybridized carbons (Fsp3) is 0.571. The largest absolute Gasteiger partial charge is 0.446 e. The molecule has 1 aromatic heterocycles. The highest BCUT2D eigenvalue weighted by Crippen LogP contribution is 2.07. The third kappa shape index (κ3) is 1.12. The molecule has 0 saturated heterocycles. The summed E-state index contributed by atoms with van der Waals surface area (Å²) in [5, 5.41) is 0. The summed E-state index contributed by atoms with van der Waals surface area (Å²) in [6, 6.07) is 0. The van der Waals surface area contributed by atoms with Gasteiger partial charge < -0.3 is 4.42 Å². The lowest BCUT2D eigenvalue weighted by Crippen LogP contribution is -1.77. The fourth-order valence-electron chi connectivity index (χ4n) is 0.690. The molecule has 9 heavy (non-hydrogen) atoms. The van der Waals surface area contributed by atoms with Crippen LogP contribution in [0.2, 0.25) is 0 Å². The molecule has 1 rings (SSSR count). The van der Waals surface area contributed by atoms with Crippen molar-refractivity contribution in [1.29, 1.82) is 0 Å². The summed E-state index contributed by atoms with van der Waals surface area (Å²) in [6.07, 6.45) is 0.884. The Morgan fingerprint density at radius 1 is 1.44 bits per heavy atom. The Bertz CT molecular complexity index is 183. The third-order valence-corrected chi connectivity index (χ3v) is 1.38. The van der Waals surface area contributed by atoms with Crippen molar-refractivity contribution in [2.75, 3.05) is 0 Å². The minimum atomic E-state index is 0.838. The van der Waals surface area contributed by atoms with Crippen LogP contribution in [0.3, 0.4) is 0 Å². The van der Waals surface area contributed by atoms with Gasteiger partial charge >= 0.3 is 0 Å². The van der Waals surface area contributed by atoms with Crippen molar-refractivity contribution in [3.05, 3.63) is 17.3 Å². The molecule has 0 unspecified atom stereocenters. The van der Waals surface area contributed by atoms with Gasteiger partial charge in [0, 0.05) is 6.42 Å². The second-order valence-corrected chi connectivity index (χ2v) is 2.10. The van der Waals surface area contributed by atoms with Crippen molar-refractivity contribution in [1.82, 2.24) is 4.98 Å². The molecule has 1 aromatic rings. The molecule has 50 valence electrons. The molecule has 2 heteroatoms. The predicted molar refractivity (Wildman–Crippen MR) is 35.4 cm³/mol. The minimum absolute atomic E-state index is 0.838. The van der Waals surface area contributed by atoms with E-state index in [4.69, 9.17) is 4.42 Å². The smallest absolute Gasteiger partial charge is 0.194 e. The van der Waals surface area contributed by atoms with E-state index in [-0.39, 0.29) is 0 Å². The Kier molecular flexibility index (Phi) is 1.56. The Hall–Kier alpha value is -0.790. The van der Waals surface area contributed by atoms with E-state index in [0.717, 1.165) is 23.8 Å². The number of aromatic nitrogens is 1. The molecule has 0 aliphatic rings. The van der Waals surface area contributed by atoms with Crippen LogP contribution in [0.1, 0.15) is 24.3 Å². The van der Waals surface area contributed by atoms with Crippen LogP contribution in [0.15, 0.2) is 4.42 Å². The maximum Gasteiger partial charge on any atom is 0.194 e. The number of oxazole rings is 1. The van der Waals surface area contributed by atoms with Gasteiger partial charge in [-0.1, -0.05) is 6.92 Å². The minimum Gasteiger partial charge on any atom is -0.446 e. The van der Waals surface area contributed by atoms with Gasteiger partial charge in [-0.15, -0.1) is 0 Å². The topological polar surface area (TPSA) is 26.0 Å². The molecule has 0 bridgehead atoms. The fourth-order valence-corrected chi connectivity index (χ4v) is 0.690. The van der Waals surface area contributed by atoms with E-state index in [1.54, 1.807) is 0 Å². The van der Waals surface area contributed by atoms with E-state index in [0.29, 0.717) is 0 Å². The Morgan fingerprint density at radius 3 is 2.33 bits per heavy atom. The Morgan fingerprint density at radius 2 is 2.11 bits per heavy atom. The zero-order chi connectivity index (χ0) is 6.85. The van der Waals surface area contributed by atoms with Crippen LogP contribution >= 0.6 is 0 Å². The van der Waals surface area contributed by atoms with Crippen LogP contribution in [0.5, 0.6) is 0 Å². The van der Waals surface area contributed by atoms with Gasteiger partial charge in [0.1, 0.15) is 5.76 Å². The molecule has 0 saturated carbocycles. The SMILES string of the molecule is CCc1nc(C)c(C)o1. The number of hydrogen-bond donors (Lipinski definition) is 0. The van der Waals surface area contributed by atoms with Crippen LogP contribution in [-0.4, -0.2) is 4.98 Å². The third-order valence-electron chi connectivity index (χ3n) is 1.38. The summed E-state index contributed by atoms with van der Waals surface area (Å²) in [6.45, 7) is 5.92. The first-order valence-electron chi connectivity index (χ1n) is 3.17. The molecule has 0 N–H and O–H groups in total. The maximum absolute atomic E-state index is 5.25. The second-order valence-electron chi connectivity index (χ2n) is 2.10. The van der Waals surface area contributed by atoms with Crippen LogP contribution in [0.25, 0.3) is 0 Å². The van der Waals surface area contributed by atoms with Crippen molar-refractivity contribution >= 4 is 0 Å². The van der Waals surface area contributed by atoms with Crippen molar-refractivity contribution in [2.24, 2.45) is 0 Å². The number of rotatable bonds is 1. The first-order chi connectivity index (χ1) is 4.24. The summed E-state index contributed by atoms with van der Waals surface area (Å²) in [7, 11) is 0. The highest BCUT2D eigenvalue weighted by molar-refractivity contribution is 5.04. The molecule has 0 radical (unpaired) electrons. The van der Waals surface area contributed by atoms with E-state index < -0.39 is 0 Å². The highest BCUT2D eigenvalue weighted by atomic mass is 16.4. The van der Waals surface area contributed by atoms with Crippen molar-refractivity contribution in [3.63, 3.8) is 0 Å². The van der Waals surface area contributed by atoms with Gasteiger partial charge in [-0.3, -0.25) is 0 Å². The first-order valence-corrected chi connectivity index (χ1v) is 3.17. The van der Waals surface area contributed by atoms with Gasteiger partial charge in [-0.05, 0) is 13.8 Å². The quantitative estimate of drug-likeness (QED) is 0.572. The molecule has 0 fully saturated rings. The predicted octanol–water partition coefficient (Wildman–Crippen LogP) is 1.85. The molecule has 0 aromatic carbocycles. The number of hydrogen-bond acceptors (Lipinski definition) is 2. The molecular formula is C7H11NO. The van der Waals surface area contributed by atoms with E-state index >= 15 is 0 Å². The van der Waals surface area contributed by atoms with Crippen LogP contribution in [-0.2, 0) is 6.42 Å². The normalized spacial score (nSPS) is 10.1. The zero-order valence-corrected chi connectivity index (χ0v) is 6.06. The van der Waals surface area contributed by atoms with Gasteiger partial charge in [0.25, 0.3) is 0 Å². The lowest BCUT2D eigenvalue weighted by atomic mass is 10.4. The summed E-state index contributed by atoms with van der Waals surface area (Å²) in [5.74, 6) is 1.77. The molecular weight excluding hydrogens is 114 g/mol. The van der Waals surface area contributed by atoms with Crippen molar-refractivity contribution in [2.45, 2.75) is 27.2 Å². The highest BCUT2D eigenvalue weighted by Gasteiger charge is 2.00. The molecule has 0 aliphatic carbocycles. The molecule has 2 nitrogen and oxygen atoms in total. The standard InChI is InChI=1S/C7H11NO/c1-4-7-8-5(2)6(3)9-7/h4H2,1-3H3. The molecule has 1 heterocycles. The van der Waals surface area contributed by atoms with Crippen LogP contribution in [0.4, 0.5) is 0 Å². The number of aryl methyl sites for hydroxylation is 3. The molecule has 0 atom stereocenters. The van der Waals surface area contributed by atoms with Gasteiger partial charge in [0.05, 0.1) is 5.69 Å². The van der Waals surface area contributed by atoms with E-state index in [9.17, 15) is 0 Å². The zero-order valence-electron chi connectivity index (χ0n) is 6.06. The summed E-state index contributed by atoms with van der Waals surface area (Å²) < 4.78 is 5.25. The summed E-state index contributed by atoms with van der Waals surface area (Å²) in [4.78, 5) is 4.16. The lowest BCUT2D eigenvalue weighted by Gasteiger charge is -1.80. The van der Waals surface area contributed by atoms with E-state index in [1.165, 1.54) is 0 Å². The first kappa shape index (κ1) is 6.33. The van der Waals surface area contributed by atoms with Gasteiger partial charge in [0.2, 0.25) is 0 Å². The van der Waals surface area contributed by atoms with Gasteiger partial charge in [-0.25, -0.2) is 4.98 Å². The Balaban J connectivity index is 2.98. The van der Waals surface area contributed by atoms with Crippen LogP contribution in [0, 0.1) is 13.8 Å². The molecule has 0 spiro atoms. The average Bonchev–Trinajstić information content (AvgIpc) is 2.13. The number of nitrogens with zero attached hydrogens (tertiary/aromatic N) is 1. The van der Waals surface area contributed by atoms with Crippen molar-refractivity contribution in [3.8, 4) is 0 Å². The van der Waals surface area contributed by atoms with Gasteiger partial charge in [-0.2, -0.15) is 0 Å². The molecule has 0 aliphatic heterocycles.